The maximum Gasteiger partial charge on any atom is 0.472 e. The third-order valence-corrected chi connectivity index (χ3v) is 9.36. The van der Waals surface area contributed by atoms with Crippen LogP contribution >= 0.6 is 15.6 Å². The van der Waals surface area contributed by atoms with Gasteiger partial charge in [-0.15, -0.1) is 0 Å². The molecule has 3 aliphatic rings. The quantitative estimate of drug-likeness (QED) is 0.0968. The molecule has 0 aromatic carbocycles. The van der Waals surface area contributed by atoms with Crippen LogP contribution in [0.25, 0.3) is 22.3 Å². The number of hydrogen-bond acceptors (Lipinski definition) is 18. The molecule has 7 heterocycles. The molecule has 4 aromatic rings. The van der Waals surface area contributed by atoms with Crippen molar-refractivity contribution in [2.75, 3.05) is 24.7 Å². The molecule has 3 saturated heterocycles. The van der Waals surface area contributed by atoms with Crippen LogP contribution in [0.15, 0.2) is 22.2 Å². The topological polar surface area (TPSA) is 350 Å². The Morgan fingerprint density at radius 2 is 1.15 bits per heavy atom. The van der Waals surface area contributed by atoms with E-state index in [1.165, 1.54) is 0 Å². The molecule has 4 aromatic heterocycles. The number of nitrogens with two attached hydrogens (primary N) is 2. The molecule has 0 spiro atoms. The number of fused-ring (bicyclic) bond motifs is 6. The van der Waals surface area contributed by atoms with Gasteiger partial charge in [0.05, 0.1) is 25.9 Å². The number of nitrogens with one attached hydrogen (secondary N) is 2. The summed E-state index contributed by atoms with van der Waals surface area (Å²) in [7, 11) is -10.3. The van der Waals surface area contributed by atoms with Gasteiger partial charge in [-0.25, -0.2) is 19.1 Å². The second kappa shape index (κ2) is 11.0. The molecule has 7 rings (SSSR count). The summed E-state index contributed by atoms with van der Waals surface area (Å²) in [6.45, 7) is -1.74. The van der Waals surface area contributed by atoms with Crippen LogP contribution in [0.5, 0.6) is 0 Å². The van der Waals surface area contributed by atoms with Gasteiger partial charge in [0.25, 0.3) is 11.1 Å². The molecule has 26 heteroatoms. The molecule has 0 amide bonds. The fourth-order valence-electron chi connectivity index (χ4n) is 5.35. The molecule has 10 N–H and O–H groups in total. The summed E-state index contributed by atoms with van der Waals surface area (Å²) in [4.78, 5) is 66.3. The standard InChI is InChI=1S/C20H24N10O14P2/c21-19-25-13-7(15(33)27-19)23-3-29(13)17-11-9(31)5(41-17)1-39-45(35,36)43-12-10(32)6(2-40-46(37,38)44-11)42-18(12)30-4-24-8-14(30)26-20(22)28-16(8)34/h3-6,9-12,17-18,31-32H,1-2H2,(H,35,36)(H,37,38)(H3,21,25,27,33)(H3,22,26,28,34). The Morgan fingerprint density at radius 1 is 0.761 bits per heavy atom. The smallest absolute Gasteiger partial charge is 0.387 e. The summed E-state index contributed by atoms with van der Waals surface area (Å²) < 4.78 is 60.8. The van der Waals surface area contributed by atoms with E-state index in [1.807, 2.05) is 0 Å². The van der Waals surface area contributed by atoms with Crippen molar-refractivity contribution in [3.05, 3.63) is 33.4 Å². The van der Waals surface area contributed by atoms with Crippen LogP contribution in [-0.2, 0) is 36.7 Å². The second-order valence-corrected chi connectivity index (χ2v) is 13.1. The van der Waals surface area contributed by atoms with Crippen molar-refractivity contribution in [1.82, 2.24) is 39.0 Å². The molecular weight excluding hydrogens is 666 g/mol. The second-order valence-electron chi connectivity index (χ2n) is 10.3. The number of H-pyrrole nitrogens is 2. The van der Waals surface area contributed by atoms with Crippen LogP contribution < -0.4 is 22.6 Å². The number of ether oxygens (including phenoxy) is 2. The first-order chi connectivity index (χ1) is 21.7. The van der Waals surface area contributed by atoms with Crippen LogP contribution in [0.3, 0.4) is 0 Å². The first-order valence-electron chi connectivity index (χ1n) is 13.1. The summed E-state index contributed by atoms with van der Waals surface area (Å²) >= 11 is 0. The van der Waals surface area contributed by atoms with Crippen molar-refractivity contribution < 1.29 is 56.7 Å². The lowest BCUT2D eigenvalue weighted by atomic mass is 10.1. The monoisotopic (exact) mass is 690 g/mol. The molecule has 248 valence electrons. The van der Waals surface area contributed by atoms with E-state index in [4.69, 9.17) is 39.0 Å². The van der Waals surface area contributed by atoms with Crippen molar-refractivity contribution in [3.8, 4) is 0 Å². The minimum atomic E-state index is -5.14. The lowest BCUT2D eigenvalue weighted by molar-refractivity contribution is -0.0675. The number of anilines is 2. The number of aliphatic hydroxyl groups excluding tert-OH is 2. The van der Waals surface area contributed by atoms with Gasteiger partial charge in [0.15, 0.2) is 34.8 Å². The summed E-state index contributed by atoms with van der Waals surface area (Å²) in [5.41, 5.74) is 9.17. The van der Waals surface area contributed by atoms with Crippen molar-refractivity contribution in [1.29, 1.82) is 0 Å². The van der Waals surface area contributed by atoms with Crippen molar-refractivity contribution in [2.24, 2.45) is 0 Å². The van der Waals surface area contributed by atoms with E-state index < -0.39 is 89.1 Å². The summed E-state index contributed by atoms with van der Waals surface area (Å²) in [5.74, 6) is -0.602. The number of nitrogens with zero attached hydrogens (tertiary/aromatic N) is 6. The highest BCUT2D eigenvalue weighted by molar-refractivity contribution is 7.47. The molecular formula is C20H24N10O14P2. The van der Waals surface area contributed by atoms with Crippen LogP contribution in [0.4, 0.5) is 11.9 Å². The van der Waals surface area contributed by atoms with E-state index in [2.05, 4.69) is 29.9 Å². The number of rotatable bonds is 2. The summed E-state index contributed by atoms with van der Waals surface area (Å²) in [5, 5.41) is 22.1. The molecule has 24 nitrogen and oxygen atoms in total. The SMILES string of the molecule is Nc1nc2c(ncn2C2OC3COP(=O)(O)OC4C(O)C(COP(=O)(O)OC2C3O)OC4n2cnc3c(=O)[nH]c(N)nc32)c(=O)[nH]1. The Morgan fingerprint density at radius 3 is 1.54 bits per heavy atom. The molecule has 4 bridgehead atoms. The average Bonchev–Trinajstić information content (AvgIpc) is 3.72. The van der Waals surface area contributed by atoms with E-state index in [9.17, 15) is 38.7 Å². The number of aliphatic hydroxyl groups is 2. The Balaban J connectivity index is 1.23. The number of phosphoric acid groups is 2. The van der Waals surface area contributed by atoms with Gasteiger partial charge < -0.3 is 40.9 Å². The zero-order chi connectivity index (χ0) is 32.7. The number of hydrogen-bond donors (Lipinski definition) is 8. The van der Waals surface area contributed by atoms with E-state index in [0.29, 0.717) is 0 Å². The van der Waals surface area contributed by atoms with E-state index in [0.717, 1.165) is 21.8 Å². The van der Waals surface area contributed by atoms with Gasteiger partial charge in [0, 0.05) is 0 Å². The third kappa shape index (κ3) is 5.33. The van der Waals surface area contributed by atoms with E-state index >= 15 is 0 Å². The van der Waals surface area contributed by atoms with Gasteiger partial charge in [-0.05, 0) is 0 Å². The molecule has 0 saturated carbocycles. The highest BCUT2D eigenvalue weighted by Crippen LogP contribution is 2.53. The largest absolute Gasteiger partial charge is 0.472 e. The molecule has 10 unspecified atom stereocenters. The molecule has 3 fully saturated rings. The maximum atomic E-state index is 13.2. The Kier molecular flexibility index (Phi) is 7.39. The van der Waals surface area contributed by atoms with Gasteiger partial charge in [0.2, 0.25) is 11.9 Å². The normalized spacial score (nSPS) is 37.1. The van der Waals surface area contributed by atoms with Crippen LogP contribution in [0, 0.1) is 0 Å². The number of nitrogen functional groups attached to an aromatic ring is 2. The van der Waals surface area contributed by atoms with Crippen molar-refractivity contribution >= 4 is 49.9 Å². The zero-order valence-corrected chi connectivity index (χ0v) is 24.6. The Bertz CT molecular complexity index is 1900. The Hall–Kier alpha value is -3.64. The van der Waals surface area contributed by atoms with Crippen LogP contribution in [0.2, 0.25) is 0 Å². The van der Waals surface area contributed by atoms with E-state index in [-0.39, 0.29) is 34.2 Å². The first-order valence-corrected chi connectivity index (χ1v) is 16.1. The molecule has 0 aliphatic carbocycles. The fraction of sp³-hybridized carbons (Fsp3) is 0.500. The van der Waals surface area contributed by atoms with Gasteiger partial charge in [-0.2, -0.15) is 9.97 Å². The lowest BCUT2D eigenvalue weighted by Gasteiger charge is -2.26. The highest BCUT2D eigenvalue weighted by Gasteiger charge is 2.54. The molecule has 10 atom stereocenters. The van der Waals surface area contributed by atoms with Gasteiger partial charge in [0.1, 0.15) is 36.6 Å². The Labute approximate surface area is 253 Å². The fourth-order valence-corrected chi connectivity index (χ4v) is 7.21. The van der Waals surface area contributed by atoms with Crippen molar-refractivity contribution in [2.45, 2.75) is 49.1 Å². The minimum Gasteiger partial charge on any atom is -0.387 e. The van der Waals surface area contributed by atoms with Crippen LogP contribution in [-0.4, -0.2) is 109 Å². The minimum absolute atomic E-state index is 0.151. The summed E-state index contributed by atoms with van der Waals surface area (Å²) in [6, 6.07) is 0. The summed E-state index contributed by atoms with van der Waals surface area (Å²) in [6.07, 6.45) is -11.1. The van der Waals surface area contributed by atoms with Crippen LogP contribution in [0.1, 0.15) is 12.5 Å². The molecule has 3 aliphatic heterocycles. The number of imidazole rings is 2. The molecule has 0 radical (unpaired) electrons. The highest BCUT2D eigenvalue weighted by atomic mass is 31.2. The number of aromatic nitrogens is 8. The van der Waals surface area contributed by atoms with E-state index in [1.54, 1.807) is 0 Å². The number of aromatic amines is 2. The first kappa shape index (κ1) is 31.0. The van der Waals surface area contributed by atoms with Crippen molar-refractivity contribution in [3.63, 3.8) is 0 Å². The van der Waals surface area contributed by atoms with Gasteiger partial charge >= 0.3 is 15.6 Å². The van der Waals surface area contributed by atoms with Gasteiger partial charge in [-0.3, -0.25) is 46.8 Å². The lowest BCUT2D eigenvalue weighted by Crippen LogP contribution is -2.38. The zero-order valence-electron chi connectivity index (χ0n) is 22.8. The maximum absolute atomic E-state index is 13.2. The number of phosphoric ester groups is 2. The average molecular weight is 690 g/mol. The predicted molar refractivity (Wildman–Crippen MR) is 146 cm³/mol. The predicted octanol–water partition coefficient (Wildman–Crippen LogP) is -3.05. The molecule has 46 heavy (non-hydrogen) atoms. The third-order valence-electron chi connectivity index (χ3n) is 7.39. The van der Waals surface area contributed by atoms with Gasteiger partial charge in [-0.1, -0.05) is 0 Å².